The van der Waals surface area contributed by atoms with E-state index >= 15 is 0 Å². The number of nitrogens with zero attached hydrogens (tertiary/aromatic N) is 1. The molecule has 0 aromatic heterocycles. The number of rotatable bonds is 3. The van der Waals surface area contributed by atoms with Crippen molar-refractivity contribution in [2.24, 2.45) is 0 Å². The van der Waals surface area contributed by atoms with Crippen molar-refractivity contribution in [3.63, 3.8) is 0 Å². The van der Waals surface area contributed by atoms with Crippen LogP contribution in [0.1, 0.15) is 38.3 Å². The number of likely N-dealkylation sites (tertiary alicyclic amines) is 1. The van der Waals surface area contributed by atoms with Crippen LogP contribution >= 0.6 is 15.9 Å². The molecule has 1 atom stereocenters. The second-order valence-corrected chi connectivity index (χ2v) is 7.82. The Bertz CT molecular complexity index is 540. The Morgan fingerprint density at radius 1 is 1.45 bits per heavy atom. The van der Waals surface area contributed by atoms with Crippen LogP contribution < -0.4 is 5.32 Å². The van der Waals surface area contributed by atoms with Crippen LogP contribution in [0.15, 0.2) is 22.7 Å². The third kappa shape index (κ3) is 5.29. The van der Waals surface area contributed by atoms with Crippen LogP contribution in [0.5, 0.6) is 0 Å². The SMILES string of the molecule is Cc1ccc(CN2CCC(NC(=O)OC(C)(C)C)C2)c(Br)c1. The highest BCUT2D eigenvalue weighted by molar-refractivity contribution is 9.10. The molecular weight excluding hydrogens is 344 g/mol. The zero-order chi connectivity index (χ0) is 16.3. The standard InChI is InChI=1S/C17H25BrN2O2/c1-12-5-6-13(15(18)9-12)10-20-8-7-14(11-20)19-16(21)22-17(2,3)4/h5-6,9,14H,7-8,10-11H2,1-4H3,(H,19,21). The topological polar surface area (TPSA) is 41.6 Å². The maximum absolute atomic E-state index is 11.8. The van der Waals surface area contributed by atoms with Crippen LogP contribution in [0.25, 0.3) is 0 Å². The minimum absolute atomic E-state index is 0.166. The van der Waals surface area contributed by atoms with E-state index in [4.69, 9.17) is 4.74 Å². The van der Waals surface area contributed by atoms with Gasteiger partial charge in [0, 0.05) is 30.1 Å². The molecule has 1 N–H and O–H groups in total. The van der Waals surface area contributed by atoms with E-state index in [1.807, 2.05) is 20.8 Å². The zero-order valence-electron chi connectivity index (χ0n) is 13.8. The molecular formula is C17H25BrN2O2. The van der Waals surface area contributed by atoms with Crippen LogP contribution in [-0.4, -0.2) is 35.7 Å². The maximum atomic E-state index is 11.8. The Morgan fingerprint density at radius 2 is 2.18 bits per heavy atom. The lowest BCUT2D eigenvalue weighted by molar-refractivity contribution is 0.0506. The highest BCUT2D eigenvalue weighted by Crippen LogP contribution is 2.22. The van der Waals surface area contributed by atoms with Gasteiger partial charge in [0.05, 0.1) is 0 Å². The summed E-state index contributed by atoms with van der Waals surface area (Å²) in [5, 5.41) is 2.96. The smallest absolute Gasteiger partial charge is 0.407 e. The van der Waals surface area contributed by atoms with Crippen LogP contribution in [-0.2, 0) is 11.3 Å². The summed E-state index contributed by atoms with van der Waals surface area (Å²) in [6.07, 6.45) is 0.638. The Balaban J connectivity index is 1.84. The third-order valence-electron chi connectivity index (χ3n) is 3.60. The Hall–Kier alpha value is -1.07. The van der Waals surface area contributed by atoms with Gasteiger partial charge in [-0.3, -0.25) is 4.90 Å². The number of aryl methyl sites for hydroxylation is 1. The number of benzene rings is 1. The number of alkyl carbamates (subject to hydrolysis) is 1. The van der Waals surface area contributed by atoms with Crippen molar-refractivity contribution in [1.82, 2.24) is 10.2 Å². The van der Waals surface area contributed by atoms with Crippen molar-refractivity contribution >= 4 is 22.0 Å². The van der Waals surface area contributed by atoms with E-state index in [0.717, 1.165) is 30.5 Å². The van der Waals surface area contributed by atoms with E-state index in [-0.39, 0.29) is 12.1 Å². The Kier molecular flexibility index (Phi) is 5.50. The molecule has 0 spiro atoms. The summed E-state index contributed by atoms with van der Waals surface area (Å²) in [5.74, 6) is 0. The van der Waals surface area contributed by atoms with Gasteiger partial charge >= 0.3 is 6.09 Å². The van der Waals surface area contributed by atoms with E-state index < -0.39 is 5.60 Å². The molecule has 1 aliphatic rings. The molecule has 122 valence electrons. The van der Waals surface area contributed by atoms with E-state index in [2.05, 4.69) is 51.3 Å². The average Bonchev–Trinajstić information content (AvgIpc) is 2.77. The predicted octanol–water partition coefficient (Wildman–Crippen LogP) is 3.86. The molecule has 1 amide bonds. The van der Waals surface area contributed by atoms with Crippen molar-refractivity contribution < 1.29 is 9.53 Å². The number of carbonyl (C=O) groups is 1. The first-order valence-corrected chi connectivity index (χ1v) is 8.49. The average molecular weight is 369 g/mol. The molecule has 4 nitrogen and oxygen atoms in total. The van der Waals surface area contributed by atoms with Crippen molar-refractivity contribution in [3.8, 4) is 0 Å². The molecule has 0 saturated carbocycles. The maximum Gasteiger partial charge on any atom is 0.407 e. The van der Waals surface area contributed by atoms with Crippen LogP contribution in [0.2, 0.25) is 0 Å². The summed E-state index contributed by atoms with van der Waals surface area (Å²) in [6, 6.07) is 6.60. The first-order valence-electron chi connectivity index (χ1n) is 7.70. The number of carbonyl (C=O) groups excluding carboxylic acids is 1. The normalized spacial score (nSPS) is 19.2. The van der Waals surface area contributed by atoms with Crippen LogP contribution in [0.3, 0.4) is 0 Å². The molecule has 1 aromatic rings. The number of hydrogen-bond acceptors (Lipinski definition) is 3. The molecule has 1 fully saturated rings. The molecule has 0 radical (unpaired) electrons. The quantitative estimate of drug-likeness (QED) is 0.880. The molecule has 1 aliphatic heterocycles. The van der Waals surface area contributed by atoms with Gasteiger partial charge < -0.3 is 10.1 Å². The summed E-state index contributed by atoms with van der Waals surface area (Å²) < 4.78 is 6.46. The second-order valence-electron chi connectivity index (χ2n) is 6.96. The number of nitrogens with one attached hydrogen (secondary N) is 1. The van der Waals surface area contributed by atoms with Gasteiger partial charge in [0.25, 0.3) is 0 Å². The Labute approximate surface area is 141 Å². The monoisotopic (exact) mass is 368 g/mol. The first-order chi connectivity index (χ1) is 10.2. The number of amides is 1. The van der Waals surface area contributed by atoms with Crippen molar-refractivity contribution in [3.05, 3.63) is 33.8 Å². The summed E-state index contributed by atoms with van der Waals surface area (Å²) in [7, 11) is 0. The highest BCUT2D eigenvalue weighted by atomic mass is 79.9. The van der Waals surface area contributed by atoms with E-state index in [1.165, 1.54) is 11.1 Å². The van der Waals surface area contributed by atoms with Crippen LogP contribution in [0, 0.1) is 6.92 Å². The molecule has 1 saturated heterocycles. The fourth-order valence-corrected chi connectivity index (χ4v) is 3.21. The van der Waals surface area contributed by atoms with Gasteiger partial charge in [-0.25, -0.2) is 4.79 Å². The number of halogens is 1. The molecule has 1 aromatic carbocycles. The van der Waals surface area contributed by atoms with Gasteiger partial charge in [-0.1, -0.05) is 28.1 Å². The third-order valence-corrected chi connectivity index (χ3v) is 4.33. The van der Waals surface area contributed by atoms with Crippen molar-refractivity contribution in [2.45, 2.75) is 52.3 Å². The van der Waals surface area contributed by atoms with E-state index in [1.54, 1.807) is 0 Å². The lowest BCUT2D eigenvalue weighted by atomic mass is 10.1. The summed E-state index contributed by atoms with van der Waals surface area (Å²) in [5.41, 5.74) is 2.08. The zero-order valence-corrected chi connectivity index (χ0v) is 15.4. The van der Waals surface area contributed by atoms with Gasteiger partial charge in [0.1, 0.15) is 5.60 Å². The van der Waals surface area contributed by atoms with Crippen molar-refractivity contribution in [1.29, 1.82) is 0 Å². The fraction of sp³-hybridized carbons (Fsp3) is 0.588. The second kappa shape index (κ2) is 7.01. The highest BCUT2D eigenvalue weighted by Gasteiger charge is 2.26. The molecule has 5 heteroatoms. The number of hydrogen-bond donors (Lipinski definition) is 1. The lowest BCUT2D eigenvalue weighted by Gasteiger charge is -2.22. The largest absolute Gasteiger partial charge is 0.444 e. The minimum Gasteiger partial charge on any atom is -0.444 e. The predicted molar refractivity (Wildman–Crippen MR) is 91.9 cm³/mol. The van der Waals surface area contributed by atoms with Crippen molar-refractivity contribution in [2.75, 3.05) is 13.1 Å². The summed E-state index contributed by atoms with van der Waals surface area (Å²) >= 11 is 3.63. The molecule has 0 aliphatic carbocycles. The van der Waals surface area contributed by atoms with Crippen LogP contribution in [0.4, 0.5) is 4.79 Å². The van der Waals surface area contributed by atoms with E-state index in [0.29, 0.717) is 0 Å². The molecule has 1 heterocycles. The van der Waals surface area contributed by atoms with Gasteiger partial charge in [0.15, 0.2) is 0 Å². The minimum atomic E-state index is -0.449. The lowest BCUT2D eigenvalue weighted by Crippen LogP contribution is -2.40. The van der Waals surface area contributed by atoms with Gasteiger partial charge in [0.2, 0.25) is 0 Å². The molecule has 0 bridgehead atoms. The van der Waals surface area contributed by atoms with Gasteiger partial charge in [-0.2, -0.15) is 0 Å². The number of ether oxygens (including phenoxy) is 1. The Morgan fingerprint density at radius 3 is 2.82 bits per heavy atom. The summed E-state index contributed by atoms with van der Waals surface area (Å²) in [6.45, 7) is 10.5. The molecule has 2 rings (SSSR count). The molecule has 22 heavy (non-hydrogen) atoms. The van der Waals surface area contributed by atoms with Gasteiger partial charge in [-0.05, 0) is 51.3 Å². The summed E-state index contributed by atoms with van der Waals surface area (Å²) in [4.78, 5) is 14.2. The molecule has 1 unspecified atom stereocenters. The first kappa shape index (κ1) is 17.3. The fourth-order valence-electron chi connectivity index (χ4n) is 2.59. The van der Waals surface area contributed by atoms with Gasteiger partial charge in [-0.15, -0.1) is 0 Å². The van der Waals surface area contributed by atoms with E-state index in [9.17, 15) is 4.79 Å².